The molecule has 10 heteroatoms. The Hall–Kier alpha value is -11.0. The zero-order valence-electron chi connectivity index (χ0n) is 37.9. The first kappa shape index (κ1) is 42.4. The van der Waals surface area contributed by atoms with E-state index in [2.05, 4.69) is 68.6 Å². The van der Waals surface area contributed by atoms with E-state index in [-0.39, 0.29) is 0 Å². The topological polar surface area (TPSA) is 148 Å². The van der Waals surface area contributed by atoms with E-state index in [0.717, 1.165) is 93.9 Å². The molecule has 12 rings (SSSR count). The van der Waals surface area contributed by atoms with Crippen molar-refractivity contribution in [3.05, 3.63) is 228 Å². The van der Waals surface area contributed by atoms with Gasteiger partial charge in [0.05, 0.1) is 86.5 Å². The molecule has 0 unspecified atom stereocenters. The average molecular weight is 917 g/mol. The maximum Gasteiger partial charge on any atom is 0.188 e. The Labute approximate surface area is 412 Å². The van der Waals surface area contributed by atoms with Gasteiger partial charge in [-0.25, -0.2) is 19.8 Å². The molecule has 10 nitrogen and oxygen atoms in total. The van der Waals surface area contributed by atoms with Crippen LogP contribution in [0.5, 0.6) is 0 Å². The lowest BCUT2D eigenvalue weighted by atomic mass is 9.94. The summed E-state index contributed by atoms with van der Waals surface area (Å²) < 4.78 is 4.34. The number of fused-ring (bicyclic) bond motifs is 6. The molecule has 0 radical (unpaired) electrons. The second-order valence-electron chi connectivity index (χ2n) is 17.2. The number of aromatic nitrogens is 5. The van der Waals surface area contributed by atoms with Gasteiger partial charge in [-0.2, -0.15) is 21.0 Å². The maximum absolute atomic E-state index is 10.0. The lowest BCUT2D eigenvalue weighted by molar-refractivity contribution is 1.07. The van der Waals surface area contributed by atoms with Crippen LogP contribution in [0.3, 0.4) is 0 Å². The molecular weight excluding hydrogens is 885 g/mol. The molecule has 0 atom stereocenters. The van der Waals surface area contributed by atoms with Crippen LogP contribution in [-0.4, -0.2) is 24.1 Å². The SMILES string of the molecule is [C-]#[N+]c1ccc2c(c1)c1cc(C#N)ccc1n2-c1ccc(-c2nc(-c3ccccc3)nc(-c3ccccc3)n2)cc1-c1ccc(-n2c3ccc(C#N)cc3c3cc(C#N)ccc32)c(-c2ccc(C#N)cc2)c1. The predicted molar refractivity (Wildman–Crippen MR) is 281 cm³/mol. The first-order valence-corrected chi connectivity index (χ1v) is 22.8. The van der Waals surface area contributed by atoms with Crippen LogP contribution in [0.15, 0.2) is 194 Å². The largest absolute Gasteiger partial charge is 0.309 e. The number of nitrogens with zero attached hydrogens (tertiary/aromatic N) is 10. The van der Waals surface area contributed by atoms with Gasteiger partial charge in [-0.05, 0) is 126 Å². The van der Waals surface area contributed by atoms with Gasteiger partial charge < -0.3 is 9.13 Å². The molecule has 3 heterocycles. The van der Waals surface area contributed by atoms with Crippen molar-refractivity contribution in [1.82, 2.24) is 24.1 Å². The van der Waals surface area contributed by atoms with Gasteiger partial charge in [0.2, 0.25) is 0 Å². The lowest BCUT2D eigenvalue weighted by Crippen LogP contribution is -2.02. The van der Waals surface area contributed by atoms with Crippen molar-refractivity contribution in [2.45, 2.75) is 0 Å². The molecule has 72 heavy (non-hydrogen) atoms. The van der Waals surface area contributed by atoms with Crippen LogP contribution in [0, 0.1) is 51.9 Å². The normalized spacial score (nSPS) is 11.0. The number of benzene rings is 9. The Morgan fingerprint density at radius 1 is 0.347 bits per heavy atom. The Morgan fingerprint density at radius 3 is 1.18 bits per heavy atom. The molecular formula is C62H32N10. The highest BCUT2D eigenvalue weighted by Gasteiger charge is 2.23. The quantitative estimate of drug-likeness (QED) is 0.145. The van der Waals surface area contributed by atoms with Crippen LogP contribution >= 0.6 is 0 Å². The van der Waals surface area contributed by atoms with Crippen molar-refractivity contribution >= 4 is 49.3 Å². The third kappa shape index (κ3) is 7.13. The van der Waals surface area contributed by atoms with Crippen LogP contribution in [0.2, 0.25) is 0 Å². The highest BCUT2D eigenvalue weighted by atomic mass is 15.0. The van der Waals surface area contributed by atoms with E-state index in [1.54, 1.807) is 12.1 Å². The molecule has 0 N–H and O–H groups in total. The second kappa shape index (κ2) is 17.3. The minimum absolute atomic E-state index is 0.473. The molecule has 3 aromatic heterocycles. The van der Waals surface area contributed by atoms with Crippen LogP contribution in [0.1, 0.15) is 22.3 Å². The lowest BCUT2D eigenvalue weighted by Gasteiger charge is -2.19. The molecule has 0 saturated carbocycles. The summed E-state index contributed by atoms with van der Waals surface area (Å²) in [6.07, 6.45) is 0. The van der Waals surface area contributed by atoms with Crippen molar-refractivity contribution in [3.8, 4) is 92.1 Å². The molecule has 0 aliphatic heterocycles. The first-order chi connectivity index (χ1) is 35.4. The van der Waals surface area contributed by atoms with E-state index in [1.165, 1.54) is 0 Å². The molecule has 9 aromatic carbocycles. The monoisotopic (exact) mass is 916 g/mol. The maximum atomic E-state index is 10.0. The zero-order chi connectivity index (χ0) is 48.9. The molecule has 0 amide bonds. The fourth-order valence-corrected chi connectivity index (χ4v) is 9.72. The van der Waals surface area contributed by atoms with E-state index >= 15 is 0 Å². The highest BCUT2D eigenvalue weighted by molar-refractivity contribution is 6.12. The summed E-state index contributed by atoms with van der Waals surface area (Å²) in [6.45, 7) is 7.88. The number of rotatable bonds is 7. The van der Waals surface area contributed by atoms with Crippen LogP contribution in [-0.2, 0) is 0 Å². The number of hydrogen-bond acceptors (Lipinski definition) is 7. The van der Waals surface area contributed by atoms with Gasteiger partial charge in [0, 0.05) is 44.0 Å². The van der Waals surface area contributed by atoms with Crippen molar-refractivity contribution in [1.29, 1.82) is 21.0 Å². The predicted octanol–water partition coefficient (Wildman–Crippen LogP) is 14.4. The van der Waals surface area contributed by atoms with Gasteiger partial charge in [0.1, 0.15) is 0 Å². The standard InChI is InChI=1S/C62H32N10/c1-67-47-21-27-59-53(33-47)52-30-41(37-66)16-24-58(52)72(59)55-26-20-46(62-69-60(43-8-4-2-5-9-43)68-61(70-62)44-10-6-3-7-11-44)32-49(55)45-19-25-54(48(31-45)42-17-12-38(34-63)13-18-42)71-56-22-14-39(35-64)28-50(56)51-29-40(36-65)15-23-57(51)71/h2-33H. The Balaban J connectivity index is 1.17. The van der Waals surface area contributed by atoms with Crippen LogP contribution in [0.25, 0.3) is 116 Å². The Bertz CT molecular complexity index is 4240. The second-order valence-corrected chi connectivity index (χ2v) is 17.2. The molecule has 0 aliphatic rings. The zero-order valence-corrected chi connectivity index (χ0v) is 37.9. The molecule has 0 saturated heterocycles. The van der Waals surface area contributed by atoms with Crippen LogP contribution < -0.4 is 0 Å². The van der Waals surface area contributed by atoms with Gasteiger partial charge in [-0.15, -0.1) is 0 Å². The van der Waals surface area contributed by atoms with Crippen molar-refractivity contribution in [3.63, 3.8) is 0 Å². The van der Waals surface area contributed by atoms with E-state index in [1.807, 2.05) is 152 Å². The van der Waals surface area contributed by atoms with E-state index < -0.39 is 0 Å². The molecule has 12 aromatic rings. The summed E-state index contributed by atoms with van der Waals surface area (Å²) in [6, 6.07) is 71.4. The molecule has 0 fully saturated rings. The minimum atomic E-state index is 0.473. The third-order valence-corrected chi connectivity index (χ3v) is 13.1. The minimum Gasteiger partial charge on any atom is -0.309 e. The van der Waals surface area contributed by atoms with E-state index in [0.29, 0.717) is 45.4 Å². The molecule has 0 aliphatic carbocycles. The van der Waals surface area contributed by atoms with Gasteiger partial charge in [-0.3, -0.25) is 0 Å². The smallest absolute Gasteiger partial charge is 0.188 e. The number of nitriles is 4. The Kier molecular flexibility index (Phi) is 10.2. The van der Waals surface area contributed by atoms with Gasteiger partial charge in [0.15, 0.2) is 23.2 Å². The van der Waals surface area contributed by atoms with E-state index in [4.69, 9.17) is 21.5 Å². The van der Waals surface area contributed by atoms with Crippen molar-refractivity contribution < 1.29 is 0 Å². The van der Waals surface area contributed by atoms with E-state index in [9.17, 15) is 21.0 Å². The fourth-order valence-electron chi connectivity index (χ4n) is 9.72. The summed E-state index contributed by atoms with van der Waals surface area (Å²) in [5.41, 5.74) is 13.4. The summed E-state index contributed by atoms with van der Waals surface area (Å²) in [5, 5.41) is 43.2. The fraction of sp³-hybridized carbons (Fsp3) is 0. The highest BCUT2D eigenvalue weighted by Crippen LogP contribution is 2.43. The van der Waals surface area contributed by atoms with Gasteiger partial charge >= 0.3 is 0 Å². The number of hydrogen-bond donors (Lipinski definition) is 0. The molecule has 0 bridgehead atoms. The summed E-state index contributed by atoms with van der Waals surface area (Å²) in [7, 11) is 0. The van der Waals surface area contributed by atoms with Gasteiger partial charge in [0.25, 0.3) is 0 Å². The van der Waals surface area contributed by atoms with Crippen molar-refractivity contribution in [2.75, 3.05) is 0 Å². The third-order valence-electron chi connectivity index (χ3n) is 13.1. The Morgan fingerprint density at radius 2 is 0.722 bits per heavy atom. The van der Waals surface area contributed by atoms with Gasteiger partial charge in [-0.1, -0.05) is 84.9 Å². The average Bonchev–Trinajstić information content (AvgIpc) is 3.95. The molecule has 330 valence electrons. The summed E-state index contributed by atoms with van der Waals surface area (Å²) >= 11 is 0. The summed E-state index contributed by atoms with van der Waals surface area (Å²) in [4.78, 5) is 19.0. The molecule has 0 spiro atoms. The van der Waals surface area contributed by atoms with Crippen LogP contribution in [0.4, 0.5) is 5.69 Å². The summed E-state index contributed by atoms with van der Waals surface area (Å²) in [5.74, 6) is 1.53. The first-order valence-electron chi connectivity index (χ1n) is 22.8. The van der Waals surface area contributed by atoms with Crippen molar-refractivity contribution in [2.24, 2.45) is 0 Å².